The van der Waals surface area contributed by atoms with Crippen LogP contribution < -0.4 is 5.32 Å². The minimum atomic E-state index is -1.46. The maximum absolute atomic E-state index is 12.9. The zero-order chi connectivity index (χ0) is 21.0. The lowest BCUT2D eigenvalue weighted by atomic mass is 9.85. The first-order chi connectivity index (χ1) is 12.2. The van der Waals surface area contributed by atoms with Crippen LogP contribution in [-0.2, 0) is 15.6 Å². The van der Waals surface area contributed by atoms with Gasteiger partial charge in [-0.2, -0.15) is 0 Å². The van der Waals surface area contributed by atoms with Crippen LogP contribution in [0.3, 0.4) is 0 Å². The quantitative estimate of drug-likeness (QED) is 0.660. The van der Waals surface area contributed by atoms with Gasteiger partial charge in [-0.05, 0) is 63.8 Å². The van der Waals surface area contributed by atoms with Gasteiger partial charge in [-0.25, -0.2) is 0 Å². The zero-order valence-corrected chi connectivity index (χ0v) is 18.7. The number of rotatable bonds is 6. The first-order valence-corrected chi connectivity index (χ1v) is 10.3. The van der Waals surface area contributed by atoms with Gasteiger partial charge < -0.3 is 5.32 Å². The summed E-state index contributed by atoms with van der Waals surface area (Å²) in [6, 6.07) is 7.45. The Morgan fingerprint density at radius 3 is 2.00 bits per heavy atom. The normalized spacial score (nSPS) is 14.7. The number of hydrogen-bond acceptors (Lipinski definition) is 2. The monoisotopic (exact) mass is 387 g/mol. The van der Waals surface area contributed by atoms with E-state index in [1.54, 1.807) is 13.8 Å². The zero-order valence-electron chi connectivity index (χ0n) is 17.9. The molecular formula is C23H33NO2S. The molecule has 0 aliphatic heterocycles. The van der Waals surface area contributed by atoms with Gasteiger partial charge in [0.05, 0.1) is 10.8 Å². The number of benzene rings is 1. The molecule has 3 nitrogen and oxygen atoms in total. The van der Waals surface area contributed by atoms with Crippen molar-refractivity contribution in [3.8, 4) is 0 Å². The molecule has 0 aliphatic rings. The molecule has 0 saturated heterocycles. The molecule has 0 aromatic heterocycles. The average molecular weight is 388 g/mol. The van der Waals surface area contributed by atoms with Crippen LogP contribution in [0.1, 0.15) is 54.0 Å². The van der Waals surface area contributed by atoms with E-state index in [-0.39, 0.29) is 11.3 Å². The second-order valence-electron chi connectivity index (χ2n) is 8.57. The third-order valence-electron chi connectivity index (χ3n) is 4.20. The Hall–Kier alpha value is -1.94. The van der Waals surface area contributed by atoms with Crippen molar-refractivity contribution in [2.75, 3.05) is 0 Å². The molecular weight excluding hydrogens is 354 g/mol. The largest absolute Gasteiger partial charge is 0.329 e. The van der Waals surface area contributed by atoms with Crippen LogP contribution >= 0.6 is 0 Å². The first kappa shape index (κ1) is 23.1. The van der Waals surface area contributed by atoms with Crippen molar-refractivity contribution in [2.45, 2.75) is 65.0 Å². The van der Waals surface area contributed by atoms with Crippen molar-refractivity contribution in [1.29, 1.82) is 0 Å². The summed E-state index contributed by atoms with van der Waals surface area (Å²) < 4.78 is 11.9. The second kappa shape index (κ2) is 8.83. The molecule has 1 aromatic rings. The highest BCUT2D eigenvalue weighted by Crippen LogP contribution is 2.28. The molecule has 0 saturated carbocycles. The molecule has 4 heteroatoms. The molecule has 1 rings (SSSR count). The molecule has 148 valence electrons. The highest BCUT2D eigenvalue weighted by molar-refractivity contribution is 7.87. The Labute approximate surface area is 167 Å². The predicted molar refractivity (Wildman–Crippen MR) is 116 cm³/mol. The molecule has 0 heterocycles. The van der Waals surface area contributed by atoms with Crippen molar-refractivity contribution in [3.63, 3.8) is 0 Å². The lowest BCUT2D eigenvalue weighted by Crippen LogP contribution is -2.44. The van der Waals surface area contributed by atoms with E-state index in [0.717, 1.165) is 22.4 Å². The fourth-order valence-electron chi connectivity index (χ4n) is 2.38. The number of carbonyl (C=O) groups excluding carboxylic acids is 1. The standard InChI is InChI=1S/C23H33NO2S/c1-16(2)14-19(22(5,6)7)15-18(4)24-21(25)23(8,9)27(26)20-12-10-17(3)11-13-20/h10-15H,1H2,2-9H3,(H,24,25)/b18-15+,19-14+. The van der Waals surface area contributed by atoms with Gasteiger partial charge in [-0.1, -0.05) is 56.7 Å². The van der Waals surface area contributed by atoms with Crippen LogP contribution in [0.4, 0.5) is 0 Å². The molecule has 0 radical (unpaired) electrons. The average Bonchev–Trinajstić information content (AvgIpc) is 2.52. The predicted octanol–water partition coefficient (Wildman–Crippen LogP) is 5.45. The molecule has 27 heavy (non-hydrogen) atoms. The number of nitrogens with one attached hydrogen (secondary N) is 1. The van der Waals surface area contributed by atoms with Gasteiger partial charge in [0.15, 0.2) is 0 Å². The molecule has 0 fully saturated rings. The van der Waals surface area contributed by atoms with E-state index >= 15 is 0 Å². The van der Waals surface area contributed by atoms with Crippen LogP contribution in [0.25, 0.3) is 0 Å². The Balaban J connectivity index is 3.05. The second-order valence-corrected chi connectivity index (χ2v) is 10.6. The fraction of sp³-hybridized carbons (Fsp3) is 0.435. The summed E-state index contributed by atoms with van der Waals surface area (Å²) in [4.78, 5) is 13.5. The van der Waals surface area contributed by atoms with Gasteiger partial charge in [0.25, 0.3) is 0 Å². The lowest BCUT2D eigenvalue weighted by Gasteiger charge is -2.25. The molecule has 1 aromatic carbocycles. The lowest BCUT2D eigenvalue weighted by molar-refractivity contribution is -0.122. The highest BCUT2D eigenvalue weighted by atomic mass is 32.2. The van der Waals surface area contributed by atoms with E-state index in [9.17, 15) is 9.00 Å². The Bertz CT molecular complexity index is 791. The maximum Gasteiger partial charge on any atom is 0.242 e. The van der Waals surface area contributed by atoms with Crippen LogP contribution in [0.5, 0.6) is 0 Å². The number of amides is 1. The van der Waals surface area contributed by atoms with Gasteiger partial charge in [-0.3, -0.25) is 9.00 Å². The van der Waals surface area contributed by atoms with E-state index in [4.69, 9.17) is 0 Å². The molecule has 1 unspecified atom stereocenters. The van der Waals surface area contributed by atoms with Gasteiger partial charge >= 0.3 is 0 Å². The smallest absolute Gasteiger partial charge is 0.242 e. The maximum atomic E-state index is 12.9. The Morgan fingerprint density at radius 2 is 1.56 bits per heavy atom. The number of hydrogen-bond donors (Lipinski definition) is 1. The summed E-state index contributed by atoms with van der Waals surface area (Å²) in [5, 5.41) is 2.92. The van der Waals surface area contributed by atoms with Crippen LogP contribution in [0.2, 0.25) is 0 Å². The topological polar surface area (TPSA) is 46.2 Å². The van der Waals surface area contributed by atoms with Gasteiger partial charge in [0, 0.05) is 10.6 Å². The molecule has 0 aliphatic carbocycles. The number of carbonyl (C=O) groups is 1. The summed E-state index contributed by atoms with van der Waals surface area (Å²) in [5.41, 5.74) is 3.76. The number of allylic oxidation sites excluding steroid dienone is 5. The number of aryl methyl sites for hydroxylation is 1. The molecule has 1 atom stereocenters. The Morgan fingerprint density at radius 1 is 1.04 bits per heavy atom. The van der Waals surface area contributed by atoms with Crippen molar-refractivity contribution in [1.82, 2.24) is 5.32 Å². The van der Waals surface area contributed by atoms with Crippen LogP contribution in [0.15, 0.2) is 64.7 Å². The fourth-order valence-corrected chi connectivity index (χ4v) is 3.57. The SMILES string of the molecule is C=C(C)/C=C(\C=C(/C)NC(=O)C(C)(C)S(=O)c1ccc(C)cc1)C(C)(C)C. The van der Waals surface area contributed by atoms with E-state index in [1.807, 2.05) is 57.2 Å². The van der Waals surface area contributed by atoms with Crippen LogP contribution in [-0.4, -0.2) is 14.9 Å². The molecule has 1 N–H and O–H groups in total. The summed E-state index contributed by atoms with van der Waals surface area (Å²) in [6.45, 7) is 19.5. The third-order valence-corrected chi connectivity index (χ3v) is 6.01. The third kappa shape index (κ3) is 6.62. The van der Waals surface area contributed by atoms with E-state index in [2.05, 4.69) is 32.7 Å². The van der Waals surface area contributed by atoms with Gasteiger partial charge in [0.1, 0.15) is 4.75 Å². The summed E-state index contributed by atoms with van der Waals surface area (Å²) in [7, 11) is -1.46. The minimum absolute atomic E-state index is 0.0782. The summed E-state index contributed by atoms with van der Waals surface area (Å²) in [5.74, 6) is -0.265. The van der Waals surface area contributed by atoms with Crippen molar-refractivity contribution in [2.24, 2.45) is 5.41 Å². The van der Waals surface area contributed by atoms with Crippen molar-refractivity contribution >= 4 is 16.7 Å². The minimum Gasteiger partial charge on any atom is -0.329 e. The van der Waals surface area contributed by atoms with E-state index in [1.165, 1.54) is 0 Å². The molecule has 1 amide bonds. The van der Waals surface area contributed by atoms with Crippen LogP contribution in [0, 0.1) is 12.3 Å². The van der Waals surface area contributed by atoms with Gasteiger partial charge in [-0.15, -0.1) is 0 Å². The van der Waals surface area contributed by atoms with E-state index < -0.39 is 15.5 Å². The van der Waals surface area contributed by atoms with Gasteiger partial charge in [0.2, 0.25) is 5.91 Å². The molecule has 0 bridgehead atoms. The van der Waals surface area contributed by atoms with E-state index in [0.29, 0.717) is 4.90 Å². The first-order valence-electron chi connectivity index (χ1n) is 9.11. The van der Waals surface area contributed by atoms with Crippen molar-refractivity contribution < 1.29 is 9.00 Å². The summed E-state index contributed by atoms with van der Waals surface area (Å²) >= 11 is 0. The highest BCUT2D eigenvalue weighted by Gasteiger charge is 2.35. The Kier molecular flexibility index (Phi) is 7.56. The molecule has 0 spiro atoms. The van der Waals surface area contributed by atoms with Crippen molar-refractivity contribution in [3.05, 3.63) is 65.4 Å². The summed E-state index contributed by atoms with van der Waals surface area (Å²) in [6.07, 6.45) is 3.97.